The summed E-state index contributed by atoms with van der Waals surface area (Å²) in [7, 11) is 1.62. The highest BCUT2D eigenvalue weighted by atomic mass is 32.1. The first-order chi connectivity index (χ1) is 17.9. The van der Waals surface area contributed by atoms with Crippen molar-refractivity contribution < 1.29 is 18.7 Å². The van der Waals surface area contributed by atoms with Crippen LogP contribution in [0.1, 0.15) is 33.1 Å². The fourth-order valence-corrected chi connectivity index (χ4v) is 4.98. The van der Waals surface area contributed by atoms with Gasteiger partial charge in [0.25, 0.3) is 5.91 Å². The van der Waals surface area contributed by atoms with Gasteiger partial charge in [-0.3, -0.25) is 4.79 Å². The van der Waals surface area contributed by atoms with Crippen molar-refractivity contribution in [2.24, 2.45) is 0 Å². The van der Waals surface area contributed by atoms with Crippen LogP contribution in [0.3, 0.4) is 0 Å². The number of hydrogen-bond donors (Lipinski definition) is 1. The SMILES string of the molecule is COc1cccc([C@@H](Oc2ccc3c(cnn3-c3ccc(F)cc3)c2)[C@H](C)NC(=O)c2ccc(C)s2)c1. The number of methoxy groups -OCH3 is 1. The maximum atomic E-state index is 13.4. The number of ether oxygens (including phenoxy) is 2. The highest BCUT2D eigenvalue weighted by Gasteiger charge is 2.25. The fourth-order valence-electron chi connectivity index (χ4n) is 4.21. The van der Waals surface area contributed by atoms with Gasteiger partial charge in [-0.05, 0) is 86.1 Å². The third-order valence-corrected chi connectivity index (χ3v) is 7.07. The van der Waals surface area contributed by atoms with Crippen molar-refractivity contribution in [3.05, 3.63) is 106 Å². The Morgan fingerprint density at radius 1 is 1.03 bits per heavy atom. The third kappa shape index (κ3) is 5.34. The van der Waals surface area contributed by atoms with Gasteiger partial charge in [-0.25, -0.2) is 9.07 Å². The minimum atomic E-state index is -0.482. The van der Waals surface area contributed by atoms with Crippen molar-refractivity contribution in [1.29, 1.82) is 0 Å². The van der Waals surface area contributed by atoms with Crippen LogP contribution in [0.15, 0.2) is 85.1 Å². The van der Waals surface area contributed by atoms with E-state index < -0.39 is 6.10 Å². The Balaban J connectivity index is 1.44. The lowest BCUT2D eigenvalue weighted by atomic mass is 10.0. The topological polar surface area (TPSA) is 65.4 Å². The second-order valence-electron chi connectivity index (χ2n) is 8.74. The smallest absolute Gasteiger partial charge is 0.261 e. The molecule has 0 aliphatic carbocycles. The summed E-state index contributed by atoms with van der Waals surface area (Å²) in [6.45, 7) is 3.90. The Morgan fingerprint density at radius 3 is 2.57 bits per heavy atom. The number of fused-ring (bicyclic) bond motifs is 1. The van der Waals surface area contributed by atoms with Gasteiger partial charge in [0, 0.05) is 10.3 Å². The zero-order valence-corrected chi connectivity index (χ0v) is 21.5. The number of carbonyl (C=O) groups is 1. The van der Waals surface area contributed by atoms with Gasteiger partial charge in [-0.1, -0.05) is 12.1 Å². The van der Waals surface area contributed by atoms with Gasteiger partial charge in [0.2, 0.25) is 0 Å². The van der Waals surface area contributed by atoms with Crippen LogP contribution in [0.4, 0.5) is 4.39 Å². The van der Waals surface area contributed by atoms with Crippen molar-refractivity contribution in [3.63, 3.8) is 0 Å². The molecule has 0 aliphatic heterocycles. The van der Waals surface area contributed by atoms with Gasteiger partial charge >= 0.3 is 0 Å². The van der Waals surface area contributed by atoms with E-state index in [0.717, 1.165) is 27.0 Å². The second-order valence-corrected chi connectivity index (χ2v) is 10.0. The highest BCUT2D eigenvalue weighted by Crippen LogP contribution is 2.30. The Kier molecular flexibility index (Phi) is 6.92. The molecule has 0 unspecified atom stereocenters. The molecule has 5 rings (SSSR count). The summed E-state index contributed by atoms with van der Waals surface area (Å²) in [5.74, 6) is 0.898. The molecule has 37 heavy (non-hydrogen) atoms. The second kappa shape index (κ2) is 10.4. The molecule has 0 radical (unpaired) electrons. The summed E-state index contributed by atoms with van der Waals surface area (Å²) in [4.78, 5) is 14.6. The molecule has 0 spiro atoms. The number of nitrogens with zero attached hydrogens (tertiary/aromatic N) is 2. The largest absolute Gasteiger partial charge is 0.497 e. The first-order valence-corrected chi connectivity index (χ1v) is 12.6. The Morgan fingerprint density at radius 2 is 1.84 bits per heavy atom. The first-order valence-electron chi connectivity index (χ1n) is 11.8. The van der Waals surface area contributed by atoms with E-state index in [-0.39, 0.29) is 17.8 Å². The molecule has 5 aromatic rings. The summed E-state index contributed by atoms with van der Waals surface area (Å²) >= 11 is 1.46. The van der Waals surface area contributed by atoms with Crippen LogP contribution in [0.5, 0.6) is 11.5 Å². The summed E-state index contributed by atoms with van der Waals surface area (Å²) in [5, 5.41) is 8.44. The predicted molar refractivity (Wildman–Crippen MR) is 143 cm³/mol. The lowest BCUT2D eigenvalue weighted by molar-refractivity contribution is 0.0886. The lowest BCUT2D eigenvalue weighted by Gasteiger charge is -2.27. The van der Waals surface area contributed by atoms with E-state index in [9.17, 15) is 9.18 Å². The van der Waals surface area contributed by atoms with Crippen molar-refractivity contribution >= 4 is 28.1 Å². The maximum absolute atomic E-state index is 13.4. The van der Waals surface area contributed by atoms with Gasteiger partial charge < -0.3 is 14.8 Å². The zero-order chi connectivity index (χ0) is 25.9. The van der Waals surface area contributed by atoms with E-state index in [1.807, 2.05) is 68.4 Å². The highest BCUT2D eigenvalue weighted by molar-refractivity contribution is 7.13. The molecule has 0 aliphatic rings. The van der Waals surface area contributed by atoms with Crippen LogP contribution in [-0.4, -0.2) is 28.8 Å². The van der Waals surface area contributed by atoms with Gasteiger partial charge in [-0.2, -0.15) is 5.10 Å². The molecule has 2 aromatic heterocycles. The van der Waals surface area contributed by atoms with Crippen molar-refractivity contribution in [3.8, 4) is 17.2 Å². The Hall–Kier alpha value is -4.17. The molecule has 0 fully saturated rings. The van der Waals surface area contributed by atoms with Crippen LogP contribution in [0.2, 0.25) is 0 Å². The molecular weight excluding hydrogens is 489 g/mol. The Bertz CT molecular complexity index is 1540. The van der Waals surface area contributed by atoms with E-state index in [2.05, 4.69) is 10.4 Å². The molecule has 2 heterocycles. The van der Waals surface area contributed by atoms with Crippen LogP contribution >= 0.6 is 11.3 Å². The monoisotopic (exact) mass is 515 g/mol. The van der Waals surface area contributed by atoms with Gasteiger partial charge in [-0.15, -0.1) is 11.3 Å². The number of benzene rings is 3. The summed E-state index contributed by atoms with van der Waals surface area (Å²) < 4.78 is 27.0. The normalized spacial score (nSPS) is 12.8. The zero-order valence-electron chi connectivity index (χ0n) is 20.6. The number of amides is 1. The molecule has 3 aromatic carbocycles. The number of halogens is 1. The Labute approximate surface area is 218 Å². The van der Waals surface area contributed by atoms with Crippen LogP contribution < -0.4 is 14.8 Å². The van der Waals surface area contributed by atoms with E-state index >= 15 is 0 Å². The summed E-state index contributed by atoms with van der Waals surface area (Å²) in [5.41, 5.74) is 2.50. The molecule has 0 bridgehead atoms. The molecule has 1 N–H and O–H groups in total. The molecule has 1 amide bonds. The molecule has 188 valence electrons. The minimum absolute atomic E-state index is 0.141. The van der Waals surface area contributed by atoms with E-state index in [1.165, 1.54) is 23.5 Å². The maximum Gasteiger partial charge on any atom is 0.261 e. The number of rotatable bonds is 8. The average Bonchev–Trinajstić information content (AvgIpc) is 3.54. The van der Waals surface area contributed by atoms with Crippen molar-refractivity contribution in [2.45, 2.75) is 26.0 Å². The van der Waals surface area contributed by atoms with E-state index in [4.69, 9.17) is 9.47 Å². The number of thiophene rings is 1. The summed E-state index contributed by atoms with van der Waals surface area (Å²) in [6, 6.07) is 22.9. The van der Waals surface area contributed by atoms with E-state index in [1.54, 1.807) is 30.1 Å². The third-order valence-electron chi connectivity index (χ3n) is 6.07. The molecule has 0 saturated carbocycles. The standard InChI is InChI=1S/C29H26FN3O3S/c1-18-7-14-27(37-18)29(34)32-19(2)28(20-5-4-6-24(15-20)35-3)36-25-12-13-26-21(16-25)17-31-33(26)23-10-8-22(30)9-11-23/h4-17,19,28H,1-3H3,(H,32,34)/t19-,28-/m0/s1. The van der Waals surface area contributed by atoms with Crippen LogP contribution in [0.25, 0.3) is 16.6 Å². The van der Waals surface area contributed by atoms with Gasteiger partial charge in [0.1, 0.15) is 23.4 Å². The number of aryl methyl sites for hydroxylation is 1. The number of aromatic nitrogens is 2. The predicted octanol–water partition coefficient (Wildman–Crippen LogP) is 6.48. The van der Waals surface area contributed by atoms with Gasteiger partial charge in [0.05, 0.1) is 35.4 Å². The number of carbonyl (C=O) groups excluding carboxylic acids is 1. The van der Waals surface area contributed by atoms with Crippen molar-refractivity contribution in [2.75, 3.05) is 7.11 Å². The van der Waals surface area contributed by atoms with E-state index in [0.29, 0.717) is 16.4 Å². The minimum Gasteiger partial charge on any atom is -0.497 e. The van der Waals surface area contributed by atoms with Crippen LogP contribution in [-0.2, 0) is 0 Å². The molecule has 6 nitrogen and oxygen atoms in total. The number of nitrogens with one attached hydrogen (secondary N) is 1. The summed E-state index contributed by atoms with van der Waals surface area (Å²) in [6.07, 6.45) is 1.26. The molecule has 0 saturated heterocycles. The van der Waals surface area contributed by atoms with Gasteiger partial charge in [0.15, 0.2) is 0 Å². The molecule has 2 atom stereocenters. The first kappa shape index (κ1) is 24.5. The fraction of sp³-hybridized carbons (Fsp3) is 0.172. The average molecular weight is 516 g/mol. The molecule has 8 heteroatoms. The molecular formula is C29H26FN3O3S. The van der Waals surface area contributed by atoms with Crippen molar-refractivity contribution in [1.82, 2.24) is 15.1 Å². The lowest BCUT2D eigenvalue weighted by Crippen LogP contribution is -2.39. The van der Waals surface area contributed by atoms with Crippen LogP contribution in [0, 0.1) is 12.7 Å². The number of hydrogen-bond acceptors (Lipinski definition) is 5. The quantitative estimate of drug-likeness (QED) is 0.257.